The molecule has 0 aliphatic rings. The molecule has 2 aromatic heterocycles. The van der Waals surface area contributed by atoms with E-state index in [9.17, 15) is 0 Å². The quantitative estimate of drug-likeness (QED) is 0.770. The molecule has 0 saturated heterocycles. The Labute approximate surface area is 129 Å². The van der Waals surface area contributed by atoms with Crippen LogP contribution in [-0.4, -0.2) is 9.38 Å². The van der Waals surface area contributed by atoms with Crippen LogP contribution in [0, 0.1) is 20.8 Å². The van der Waals surface area contributed by atoms with E-state index in [1.807, 2.05) is 38.2 Å². The SMILES string of the molecule is Cc1nc2c(NCc3cccc(Cl)c3C)cccn2c1C. The van der Waals surface area contributed by atoms with Gasteiger partial charge in [-0.2, -0.15) is 0 Å². The number of benzene rings is 1. The number of pyridine rings is 1. The van der Waals surface area contributed by atoms with Crippen LogP contribution in [0.5, 0.6) is 0 Å². The fourth-order valence-corrected chi connectivity index (χ4v) is 2.67. The monoisotopic (exact) mass is 299 g/mol. The molecular formula is C17H18ClN3. The van der Waals surface area contributed by atoms with E-state index >= 15 is 0 Å². The number of aromatic nitrogens is 2. The van der Waals surface area contributed by atoms with Crippen LogP contribution in [0.15, 0.2) is 36.5 Å². The van der Waals surface area contributed by atoms with Crippen molar-refractivity contribution in [2.45, 2.75) is 27.3 Å². The number of rotatable bonds is 3. The van der Waals surface area contributed by atoms with Crippen LogP contribution in [0.4, 0.5) is 5.69 Å². The van der Waals surface area contributed by atoms with E-state index in [4.69, 9.17) is 11.6 Å². The van der Waals surface area contributed by atoms with E-state index in [0.29, 0.717) is 0 Å². The molecule has 21 heavy (non-hydrogen) atoms. The lowest BCUT2D eigenvalue weighted by Crippen LogP contribution is -2.03. The highest BCUT2D eigenvalue weighted by molar-refractivity contribution is 6.31. The zero-order valence-corrected chi connectivity index (χ0v) is 13.2. The molecule has 1 N–H and O–H groups in total. The molecule has 0 unspecified atom stereocenters. The summed E-state index contributed by atoms with van der Waals surface area (Å²) in [6.07, 6.45) is 2.04. The lowest BCUT2D eigenvalue weighted by molar-refractivity contribution is 1.08. The van der Waals surface area contributed by atoms with Crippen LogP contribution in [-0.2, 0) is 6.54 Å². The molecule has 0 fully saturated rings. The largest absolute Gasteiger partial charge is 0.378 e. The topological polar surface area (TPSA) is 29.3 Å². The maximum atomic E-state index is 6.17. The van der Waals surface area contributed by atoms with Crippen molar-refractivity contribution in [3.05, 3.63) is 64.1 Å². The van der Waals surface area contributed by atoms with Gasteiger partial charge in [-0.25, -0.2) is 4.98 Å². The normalized spacial score (nSPS) is 11.0. The van der Waals surface area contributed by atoms with Crippen molar-refractivity contribution in [3.8, 4) is 0 Å². The third-order valence-electron chi connectivity index (χ3n) is 3.97. The zero-order chi connectivity index (χ0) is 15.0. The molecular weight excluding hydrogens is 282 g/mol. The standard InChI is InChI=1S/C17H18ClN3/c1-11-14(6-4-7-15(11)18)10-19-16-8-5-9-21-13(3)12(2)20-17(16)21/h4-9,19H,10H2,1-3H3. The van der Waals surface area contributed by atoms with E-state index < -0.39 is 0 Å². The average molecular weight is 300 g/mol. The lowest BCUT2D eigenvalue weighted by atomic mass is 10.1. The fraction of sp³-hybridized carbons (Fsp3) is 0.235. The first-order valence-electron chi connectivity index (χ1n) is 7.00. The Morgan fingerprint density at radius 1 is 1.14 bits per heavy atom. The Bertz CT molecular complexity index is 805. The lowest BCUT2D eigenvalue weighted by Gasteiger charge is -2.11. The minimum Gasteiger partial charge on any atom is -0.378 e. The summed E-state index contributed by atoms with van der Waals surface area (Å²) in [5.41, 5.74) is 6.55. The van der Waals surface area contributed by atoms with Gasteiger partial charge in [0.05, 0.1) is 11.4 Å². The van der Waals surface area contributed by atoms with E-state index in [2.05, 4.69) is 33.8 Å². The maximum Gasteiger partial charge on any atom is 0.160 e. The molecule has 0 aliphatic carbocycles. The Morgan fingerprint density at radius 2 is 1.95 bits per heavy atom. The average Bonchev–Trinajstić information content (AvgIpc) is 2.77. The number of nitrogens with one attached hydrogen (secondary N) is 1. The fourth-order valence-electron chi connectivity index (χ4n) is 2.47. The van der Waals surface area contributed by atoms with Gasteiger partial charge in [0.1, 0.15) is 0 Å². The van der Waals surface area contributed by atoms with Crippen molar-refractivity contribution in [1.82, 2.24) is 9.38 Å². The van der Waals surface area contributed by atoms with Gasteiger partial charge in [-0.15, -0.1) is 0 Å². The summed E-state index contributed by atoms with van der Waals surface area (Å²) in [6.45, 7) is 6.90. The second-order valence-corrected chi connectivity index (χ2v) is 5.68. The third kappa shape index (κ3) is 2.49. The summed E-state index contributed by atoms with van der Waals surface area (Å²) in [7, 11) is 0. The Balaban J connectivity index is 1.92. The molecule has 0 saturated carbocycles. The highest BCUT2D eigenvalue weighted by Gasteiger charge is 2.08. The molecule has 3 rings (SSSR count). The van der Waals surface area contributed by atoms with Crippen LogP contribution >= 0.6 is 11.6 Å². The number of halogens is 1. The smallest absolute Gasteiger partial charge is 0.160 e. The van der Waals surface area contributed by atoms with Crippen molar-refractivity contribution >= 4 is 22.9 Å². The summed E-state index contributed by atoms with van der Waals surface area (Å²) in [4.78, 5) is 4.64. The van der Waals surface area contributed by atoms with Gasteiger partial charge in [0.15, 0.2) is 5.65 Å². The molecule has 4 heteroatoms. The summed E-state index contributed by atoms with van der Waals surface area (Å²) in [6, 6.07) is 10.1. The van der Waals surface area contributed by atoms with Crippen molar-refractivity contribution in [2.75, 3.05) is 5.32 Å². The molecule has 0 bridgehead atoms. The highest BCUT2D eigenvalue weighted by atomic mass is 35.5. The molecule has 1 aromatic carbocycles. The minimum atomic E-state index is 0.733. The van der Waals surface area contributed by atoms with Crippen molar-refractivity contribution in [1.29, 1.82) is 0 Å². The van der Waals surface area contributed by atoms with Crippen LogP contribution in [0.25, 0.3) is 5.65 Å². The number of nitrogens with zero attached hydrogens (tertiary/aromatic N) is 2. The molecule has 2 heterocycles. The number of imidazole rings is 1. The summed E-state index contributed by atoms with van der Waals surface area (Å²) >= 11 is 6.17. The second-order valence-electron chi connectivity index (χ2n) is 5.28. The van der Waals surface area contributed by atoms with Crippen LogP contribution < -0.4 is 5.32 Å². The molecule has 0 radical (unpaired) electrons. The maximum absolute atomic E-state index is 6.17. The Hall–Kier alpha value is -2.00. The van der Waals surface area contributed by atoms with Gasteiger partial charge in [-0.3, -0.25) is 0 Å². The molecule has 0 aliphatic heterocycles. The molecule has 0 spiro atoms. The number of aryl methyl sites for hydroxylation is 2. The van der Waals surface area contributed by atoms with Gasteiger partial charge in [0, 0.05) is 23.5 Å². The van der Waals surface area contributed by atoms with E-state index in [-0.39, 0.29) is 0 Å². The van der Waals surface area contributed by atoms with Crippen LogP contribution in [0.2, 0.25) is 5.02 Å². The number of hydrogen-bond acceptors (Lipinski definition) is 2. The predicted molar refractivity (Wildman–Crippen MR) is 88.2 cm³/mol. The van der Waals surface area contributed by atoms with Crippen molar-refractivity contribution in [2.24, 2.45) is 0 Å². The Morgan fingerprint density at radius 3 is 2.76 bits per heavy atom. The van der Waals surface area contributed by atoms with Gasteiger partial charge < -0.3 is 9.72 Å². The third-order valence-corrected chi connectivity index (χ3v) is 4.38. The minimum absolute atomic E-state index is 0.733. The van der Waals surface area contributed by atoms with Crippen molar-refractivity contribution in [3.63, 3.8) is 0 Å². The van der Waals surface area contributed by atoms with Gasteiger partial charge in [-0.05, 0) is 50.1 Å². The number of hydrogen-bond donors (Lipinski definition) is 1. The predicted octanol–water partition coefficient (Wildman–Crippen LogP) is 4.53. The van der Waals surface area contributed by atoms with Crippen LogP contribution in [0.3, 0.4) is 0 Å². The summed E-state index contributed by atoms with van der Waals surface area (Å²) in [5, 5.41) is 4.28. The van der Waals surface area contributed by atoms with E-state index in [1.54, 1.807) is 0 Å². The number of anilines is 1. The Kier molecular flexibility index (Phi) is 3.60. The summed E-state index contributed by atoms with van der Waals surface area (Å²) in [5.74, 6) is 0. The van der Waals surface area contributed by atoms with E-state index in [1.165, 1.54) is 11.3 Å². The van der Waals surface area contributed by atoms with E-state index in [0.717, 1.165) is 34.2 Å². The van der Waals surface area contributed by atoms with Gasteiger partial charge in [0.25, 0.3) is 0 Å². The first-order chi connectivity index (χ1) is 10.1. The van der Waals surface area contributed by atoms with Gasteiger partial charge in [-0.1, -0.05) is 23.7 Å². The highest BCUT2D eigenvalue weighted by Crippen LogP contribution is 2.22. The first kappa shape index (κ1) is 14.0. The number of fused-ring (bicyclic) bond motifs is 1. The van der Waals surface area contributed by atoms with Gasteiger partial charge >= 0.3 is 0 Å². The summed E-state index contributed by atoms with van der Waals surface area (Å²) < 4.78 is 2.11. The molecule has 0 amide bonds. The molecule has 0 atom stereocenters. The van der Waals surface area contributed by atoms with Crippen molar-refractivity contribution < 1.29 is 0 Å². The molecule has 3 aromatic rings. The molecule has 3 nitrogen and oxygen atoms in total. The van der Waals surface area contributed by atoms with Crippen LogP contribution in [0.1, 0.15) is 22.5 Å². The zero-order valence-electron chi connectivity index (χ0n) is 12.4. The molecule has 108 valence electrons. The first-order valence-corrected chi connectivity index (χ1v) is 7.38. The van der Waals surface area contributed by atoms with Gasteiger partial charge in [0.2, 0.25) is 0 Å². The second kappa shape index (κ2) is 5.41.